The zero-order valence-corrected chi connectivity index (χ0v) is 15.2. The maximum absolute atomic E-state index is 12.0. The SMILES string of the molecule is Cc1nc(/C=C/C(=O)N[C@@H](C)c2ccccc2NS(C)(=O)=O)cs1. The molecule has 0 aliphatic rings. The molecule has 2 N–H and O–H groups in total. The van der Waals surface area contributed by atoms with Crippen molar-refractivity contribution in [3.05, 3.63) is 52.0 Å². The van der Waals surface area contributed by atoms with Gasteiger partial charge in [-0.25, -0.2) is 13.4 Å². The zero-order valence-electron chi connectivity index (χ0n) is 13.6. The lowest BCUT2D eigenvalue weighted by Crippen LogP contribution is -2.25. The monoisotopic (exact) mass is 365 g/mol. The van der Waals surface area contributed by atoms with Gasteiger partial charge in [-0.05, 0) is 31.6 Å². The highest BCUT2D eigenvalue weighted by atomic mass is 32.2. The van der Waals surface area contributed by atoms with E-state index >= 15 is 0 Å². The second kappa shape index (κ2) is 7.59. The molecule has 8 heteroatoms. The minimum absolute atomic E-state index is 0.276. The summed E-state index contributed by atoms with van der Waals surface area (Å²) in [6.45, 7) is 3.69. The van der Waals surface area contributed by atoms with Gasteiger partial charge in [0.2, 0.25) is 15.9 Å². The number of anilines is 1. The van der Waals surface area contributed by atoms with E-state index in [1.807, 2.05) is 12.3 Å². The van der Waals surface area contributed by atoms with Gasteiger partial charge in [-0.2, -0.15) is 0 Å². The maximum atomic E-state index is 12.0. The summed E-state index contributed by atoms with van der Waals surface area (Å²) < 4.78 is 25.3. The average Bonchev–Trinajstić information content (AvgIpc) is 2.89. The molecule has 1 amide bonds. The van der Waals surface area contributed by atoms with Gasteiger partial charge in [-0.1, -0.05) is 18.2 Å². The highest BCUT2D eigenvalue weighted by Crippen LogP contribution is 2.23. The van der Waals surface area contributed by atoms with Crippen LogP contribution in [0.2, 0.25) is 0 Å². The molecule has 24 heavy (non-hydrogen) atoms. The Morgan fingerprint density at radius 2 is 2.04 bits per heavy atom. The second-order valence-corrected chi connectivity index (χ2v) is 8.13. The number of hydrogen-bond donors (Lipinski definition) is 2. The van der Waals surface area contributed by atoms with Crippen LogP contribution in [0.1, 0.15) is 29.2 Å². The highest BCUT2D eigenvalue weighted by Gasteiger charge is 2.14. The molecule has 0 spiro atoms. The van der Waals surface area contributed by atoms with Crippen molar-refractivity contribution in [3.8, 4) is 0 Å². The van der Waals surface area contributed by atoms with Gasteiger partial charge in [0.1, 0.15) is 0 Å². The molecule has 0 bridgehead atoms. The van der Waals surface area contributed by atoms with E-state index in [0.717, 1.165) is 17.0 Å². The van der Waals surface area contributed by atoms with E-state index in [-0.39, 0.29) is 11.9 Å². The summed E-state index contributed by atoms with van der Waals surface area (Å²) in [4.78, 5) is 16.3. The Morgan fingerprint density at radius 1 is 1.33 bits per heavy atom. The van der Waals surface area contributed by atoms with E-state index in [2.05, 4.69) is 15.0 Å². The molecular formula is C16H19N3O3S2. The second-order valence-electron chi connectivity index (χ2n) is 5.32. The van der Waals surface area contributed by atoms with Crippen LogP contribution in [0, 0.1) is 6.92 Å². The first kappa shape index (κ1) is 18.2. The topological polar surface area (TPSA) is 88.2 Å². The molecule has 6 nitrogen and oxygen atoms in total. The average molecular weight is 365 g/mol. The minimum atomic E-state index is -3.39. The summed E-state index contributed by atoms with van der Waals surface area (Å²) in [6, 6.07) is 6.60. The van der Waals surface area contributed by atoms with Crippen molar-refractivity contribution in [2.45, 2.75) is 19.9 Å². The fraction of sp³-hybridized carbons (Fsp3) is 0.250. The largest absolute Gasteiger partial charge is 0.346 e. The molecule has 128 valence electrons. The van der Waals surface area contributed by atoms with Crippen molar-refractivity contribution in [2.24, 2.45) is 0 Å². The van der Waals surface area contributed by atoms with Gasteiger partial charge in [0.25, 0.3) is 0 Å². The first-order valence-electron chi connectivity index (χ1n) is 7.22. The van der Waals surface area contributed by atoms with Crippen molar-refractivity contribution >= 4 is 39.0 Å². The summed E-state index contributed by atoms with van der Waals surface area (Å²) in [6.07, 6.45) is 4.15. The summed E-state index contributed by atoms with van der Waals surface area (Å²) in [5.74, 6) is -0.276. The summed E-state index contributed by atoms with van der Waals surface area (Å²) in [5.41, 5.74) is 1.88. The fourth-order valence-electron chi connectivity index (χ4n) is 2.12. The van der Waals surface area contributed by atoms with Crippen LogP contribution in [0.15, 0.2) is 35.7 Å². The number of sulfonamides is 1. The van der Waals surface area contributed by atoms with Crippen molar-refractivity contribution in [1.82, 2.24) is 10.3 Å². The number of nitrogens with one attached hydrogen (secondary N) is 2. The van der Waals surface area contributed by atoms with E-state index in [9.17, 15) is 13.2 Å². The Balaban J connectivity index is 2.08. The molecule has 2 rings (SSSR count). The zero-order chi connectivity index (χ0) is 17.7. The Labute approximate surface area is 145 Å². The predicted molar refractivity (Wildman–Crippen MR) is 97.4 cm³/mol. The highest BCUT2D eigenvalue weighted by molar-refractivity contribution is 7.92. The van der Waals surface area contributed by atoms with Crippen LogP contribution in [0.3, 0.4) is 0 Å². The van der Waals surface area contributed by atoms with Gasteiger partial charge in [0.15, 0.2) is 0 Å². The smallest absolute Gasteiger partial charge is 0.244 e. The lowest BCUT2D eigenvalue weighted by Gasteiger charge is -2.17. The summed E-state index contributed by atoms with van der Waals surface area (Å²) in [7, 11) is -3.39. The first-order chi connectivity index (χ1) is 11.2. The number of thiazole rings is 1. The quantitative estimate of drug-likeness (QED) is 0.771. The molecule has 1 atom stereocenters. The third-order valence-corrected chi connectivity index (χ3v) is 4.51. The number of aromatic nitrogens is 1. The molecule has 1 heterocycles. The Bertz CT molecular complexity index is 857. The molecule has 2 aromatic rings. The van der Waals surface area contributed by atoms with Gasteiger partial charge in [0.05, 0.1) is 28.7 Å². The first-order valence-corrected chi connectivity index (χ1v) is 9.99. The molecule has 1 aromatic heterocycles. The van der Waals surface area contributed by atoms with Crippen molar-refractivity contribution in [2.75, 3.05) is 11.0 Å². The van der Waals surface area contributed by atoms with E-state index in [4.69, 9.17) is 0 Å². The number of aryl methyl sites for hydroxylation is 1. The molecule has 0 fully saturated rings. The number of amides is 1. The molecule has 0 saturated heterocycles. The molecule has 0 unspecified atom stereocenters. The normalized spacial score (nSPS) is 13.0. The number of hydrogen-bond acceptors (Lipinski definition) is 5. The lowest BCUT2D eigenvalue weighted by atomic mass is 10.1. The molecule has 0 aliphatic heterocycles. The van der Waals surface area contributed by atoms with E-state index in [0.29, 0.717) is 11.3 Å². The standard InChI is InChI=1S/C16H19N3O3S2/c1-11(14-6-4-5-7-15(14)19-24(3,21)22)17-16(20)9-8-13-10-23-12(2)18-13/h4-11,19H,1-3H3,(H,17,20)/b9-8+/t11-/m0/s1. The van der Waals surface area contributed by atoms with Gasteiger partial charge >= 0.3 is 0 Å². The maximum Gasteiger partial charge on any atom is 0.244 e. The van der Waals surface area contributed by atoms with E-state index in [1.165, 1.54) is 17.4 Å². The molecular weight excluding hydrogens is 346 g/mol. The number of benzene rings is 1. The van der Waals surface area contributed by atoms with E-state index < -0.39 is 10.0 Å². The Morgan fingerprint density at radius 3 is 2.67 bits per heavy atom. The number of para-hydroxylation sites is 1. The number of carbonyl (C=O) groups is 1. The molecule has 0 radical (unpaired) electrons. The lowest BCUT2D eigenvalue weighted by molar-refractivity contribution is -0.117. The fourth-order valence-corrected chi connectivity index (χ4v) is 3.29. The van der Waals surface area contributed by atoms with Crippen LogP contribution in [-0.2, 0) is 14.8 Å². The van der Waals surface area contributed by atoms with Crippen LogP contribution in [0.4, 0.5) is 5.69 Å². The third-order valence-electron chi connectivity index (χ3n) is 3.12. The van der Waals surface area contributed by atoms with Crippen molar-refractivity contribution in [1.29, 1.82) is 0 Å². The van der Waals surface area contributed by atoms with Gasteiger partial charge in [0, 0.05) is 11.5 Å². The third kappa shape index (κ3) is 5.47. The number of rotatable bonds is 6. The van der Waals surface area contributed by atoms with Crippen molar-refractivity contribution in [3.63, 3.8) is 0 Å². The predicted octanol–water partition coefficient (Wildman–Crippen LogP) is 2.71. The Hall–Kier alpha value is -2.19. The molecule has 0 aliphatic carbocycles. The molecule has 1 aromatic carbocycles. The van der Waals surface area contributed by atoms with Gasteiger partial charge < -0.3 is 5.32 Å². The van der Waals surface area contributed by atoms with Crippen LogP contribution in [0.5, 0.6) is 0 Å². The van der Waals surface area contributed by atoms with Crippen LogP contribution in [-0.4, -0.2) is 25.6 Å². The number of carbonyl (C=O) groups excluding carboxylic acids is 1. The van der Waals surface area contributed by atoms with Crippen LogP contribution < -0.4 is 10.0 Å². The summed E-state index contributed by atoms with van der Waals surface area (Å²) in [5, 5.41) is 5.62. The van der Waals surface area contributed by atoms with Gasteiger partial charge in [-0.15, -0.1) is 11.3 Å². The van der Waals surface area contributed by atoms with Crippen LogP contribution >= 0.6 is 11.3 Å². The number of nitrogens with zero attached hydrogens (tertiary/aromatic N) is 1. The van der Waals surface area contributed by atoms with Crippen molar-refractivity contribution < 1.29 is 13.2 Å². The molecule has 0 saturated carbocycles. The minimum Gasteiger partial charge on any atom is -0.346 e. The summed E-state index contributed by atoms with van der Waals surface area (Å²) >= 11 is 1.51. The Kier molecular flexibility index (Phi) is 5.74. The van der Waals surface area contributed by atoms with E-state index in [1.54, 1.807) is 37.3 Å². The van der Waals surface area contributed by atoms with Crippen LogP contribution in [0.25, 0.3) is 6.08 Å². The van der Waals surface area contributed by atoms with Gasteiger partial charge in [-0.3, -0.25) is 9.52 Å².